The van der Waals surface area contributed by atoms with E-state index in [-0.39, 0.29) is 11.4 Å². The fraction of sp³-hybridized carbons (Fsp3) is 0.533. The topological polar surface area (TPSA) is 55.1 Å². The van der Waals surface area contributed by atoms with Crippen molar-refractivity contribution in [3.8, 4) is 0 Å². The molecule has 0 aliphatic rings. The number of carbonyl (C=O) groups is 1. The summed E-state index contributed by atoms with van der Waals surface area (Å²) in [6, 6.07) is 3.99. The van der Waals surface area contributed by atoms with E-state index in [1.165, 1.54) is 11.1 Å². The maximum absolute atomic E-state index is 11.8. The average molecular weight is 248 g/mol. The van der Waals surface area contributed by atoms with Gasteiger partial charge in [-0.2, -0.15) is 0 Å². The summed E-state index contributed by atoms with van der Waals surface area (Å²) in [5.74, 6) is 0.0277. The van der Waals surface area contributed by atoms with Crippen molar-refractivity contribution in [2.24, 2.45) is 5.73 Å². The molecule has 0 aliphatic carbocycles. The Morgan fingerprint density at radius 1 is 1.22 bits per heavy atom. The van der Waals surface area contributed by atoms with Gasteiger partial charge in [0, 0.05) is 17.6 Å². The summed E-state index contributed by atoms with van der Waals surface area (Å²) in [6.45, 7) is 10.0. The lowest BCUT2D eigenvalue weighted by atomic mass is 9.99. The molecule has 1 aromatic carbocycles. The van der Waals surface area contributed by atoms with Gasteiger partial charge in [0.1, 0.15) is 0 Å². The number of hydrogen-bond acceptors (Lipinski definition) is 2. The van der Waals surface area contributed by atoms with E-state index < -0.39 is 0 Å². The van der Waals surface area contributed by atoms with Crippen molar-refractivity contribution in [1.29, 1.82) is 0 Å². The number of nitrogens with two attached hydrogens (primary N) is 1. The van der Waals surface area contributed by atoms with Crippen LogP contribution >= 0.6 is 0 Å². The summed E-state index contributed by atoms with van der Waals surface area (Å²) in [5.41, 5.74) is 10.1. The van der Waals surface area contributed by atoms with Crippen LogP contribution in [-0.4, -0.2) is 11.4 Å². The van der Waals surface area contributed by atoms with E-state index in [2.05, 4.69) is 19.2 Å². The maximum Gasteiger partial charge on any atom is 0.224 e. The zero-order valence-electron chi connectivity index (χ0n) is 12.1. The molecule has 3 nitrogen and oxygen atoms in total. The lowest BCUT2D eigenvalue weighted by Crippen LogP contribution is -2.33. The third-order valence-corrected chi connectivity index (χ3v) is 3.33. The molecule has 3 heteroatoms. The number of rotatable bonds is 4. The van der Waals surface area contributed by atoms with E-state index in [0.29, 0.717) is 12.8 Å². The molecule has 0 atom stereocenters. The quantitative estimate of drug-likeness (QED) is 0.860. The lowest BCUT2D eigenvalue weighted by molar-refractivity contribution is -0.116. The highest BCUT2D eigenvalue weighted by Crippen LogP contribution is 2.22. The zero-order valence-corrected chi connectivity index (χ0v) is 12.1. The van der Waals surface area contributed by atoms with Crippen molar-refractivity contribution in [2.45, 2.75) is 53.0 Å². The molecule has 0 saturated carbocycles. The number of amides is 1. The van der Waals surface area contributed by atoms with Crippen molar-refractivity contribution in [2.75, 3.05) is 5.32 Å². The van der Waals surface area contributed by atoms with Gasteiger partial charge >= 0.3 is 0 Å². The molecule has 0 radical (unpaired) electrons. The molecule has 18 heavy (non-hydrogen) atoms. The molecule has 0 fully saturated rings. The van der Waals surface area contributed by atoms with Gasteiger partial charge in [-0.3, -0.25) is 4.79 Å². The monoisotopic (exact) mass is 248 g/mol. The zero-order chi connectivity index (χ0) is 13.9. The predicted octanol–water partition coefficient (Wildman–Crippen LogP) is 3.07. The number of anilines is 1. The van der Waals surface area contributed by atoms with Gasteiger partial charge in [-0.25, -0.2) is 0 Å². The molecule has 0 saturated heterocycles. The normalized spacial score (nSPS) is 11.4. The van der Waals surface area contributed by atoms with Crippen LogP contribution in [0.25, 0.3) is 0 Å². The van der Waals surface area contributed by atoms with E-state index in [1.54, 1.807) is 0 Å². The standard InChI is InChI=1S/C15H24N2O/c1-10-6-7-13(12(3)11(10)2)17-14(18)8-9-15(4,5)16/h6-7H,8-9,16H2,1-5H3,(H,17,18). The van der Waals surface area contributed by atoms with E-state index >= 15 is 0 Å². The van der Waals surface area contributed by atoms with Crippen molar-refractivity contribution in [3.63, 3.8) is 0 Å². The van der Waals surface area contributed by atoms with E-state index in [0.717, 1.165) is 11.3 Å². The minimum atomic E-state index is -0.296. The van der Waals surface area contributed by atoms with Gasteiger partial charge < -0.3 is 11.1 Å². The molecule has 0 bridgehead atoms. The van der Waals surface area contributed by atoms with Gasteiger partial charge in [0.2, 0.25) is 5.91 Å². The molecule has 1 aromatic rings. The van der Waals surface area contributed by atoms with Gasteiger partial charge in [-0.1, -0.05) is 6.07 Å². The van der Waals surface area contributed by atoms with Crippen LogP contribution in [0.2, 0.25) is 0 Å². The average Bonchev–Trinajstić information content (AvgIpc) is 2.26. The Morgan fingerprint density at radius 3 is 2.39 bits per heavy atom. The van der Waals surface area contributed by atoms with Crippen molar-refractivity contribution >= 4 is 11.6 Å². The number of hydrogen-bond donors (Lipinski definition) is 2. The Bertz CT molecular complexity index is 445. The first-order chi connectivity index (χ1) is 8.20. The Hall–Kier alpha value is -1.35. The largest absolute Gasteiger partial charge is 0.326 e. The minimum absolute atomic E-state index is 0.0277. The summed E-state index contributed by atoms with van der Waals surface area (Å²) in [6.07, 6.45) is 1.14. The van der Waals surface area contributed by atoms with Crippen LogP contribution in [0.5, 0.6) is 0 Å². The number of benzene rings is 1. The predicted molar refractivity (Wildman–Crippen MR) is 76.8 cm³/mol. The number of carbonyl (C=O) groups excluding carboxylic acids is 1. The number of aryl methyl sites for hydroxylation is 1. The van der Waals surface area contributed by atoms with Crippen molar-refractivity contribution in [3.05, 3.63) is 28.8 Å². The molecule has 1 amide bonds. The first kappa shape index (κ1) is 14.7. The van der Waals surface area contributed by atoms with Crippen molar-refractivity contribution in [1.82, 2.24) is 0 Å². The van der Waals surface area contributed by atoms with E-state index in [4.69, 9.17) is 5.73 Å². The second-order valence-electron chi connectivity index (χ2n) is 5.72. The molecule has 0 spiro atoms. The van der Waals surface area contributed by atoms with Gasteiger partial charge in [0.15, 0.2) is 0 Å². The smallest absolute Gasteiger partial charge is 0.224 e. The molecule has 3 N–H and O–H groups in total. The maximum atomic E-state index is 11.8. The third kappa shape index (κ3) is 4.15. The molecule has 100 valence electrons. The molecule has 0 heterocycles. The summed E-state index contributed by atoms with van der Waals surface area (Å²) in [4.78, 5) is 11.8. The minimum Gasteiger partial charge on any atom is -0.326 e. The van der Waals surface area contributed by atoms with Gasteiger partial charge in [0.25, 0.3) is 0 Å². The Morgan fingerprint density at radius 2 is 1.83 bits per heavy atom. The Balaban J connectivity index is 2.68. The summed E-state index contributed by atoms with van der Waals surface area (Å²) in [7, 11) is 0. The second-order valence-corrected chi connectivity index (χ2v) is 5.72. The molecular weight excluding hydrogens is 224 g/mol. The van der Waals surface area contributed by atoms with Crippen LogP contribution in [0.15, 0.2) is 12.1 Å². The summed E-state index contributed by atoms with van der Waals surface area (Å²) in [5, 5.41) is 2.96. The van der Waals surface area contributed by atoms with Gasteiger partial charge in [0.05, 0.1) is 0 Å². The Labute approximate surface area is 110 Å². The van der Waals surface area contributed by atoms with Crippen LogP contribution in [0, 0.1) is 20.8 Å². The molecule has 1 rings (SSSR count). The van der Waals surface area contributed by atoms with Gasteiger partial charge in [-0.15, -0.1) is 0 Å². The Kier molecular flexibility index (Phi) is 4.52. The van der Waals surface area contributed by atoms with Crippen LogP contribution in [-0.2, 0) is 4.79 Å². The highest BCUT2D eigenvalue weighted by Gasteiger charge is 2.14. The highest BCUT2D eigenvalue weighted by atomic mass is 16.1. The van der Waals surface area contributed by atoms with Crippen LogP contribution in [0.3, 0.4) is 0 Å². The number of nitrogens with one attached hydrogen (secondary N) is 1. The fourth-order valence-corrected chi connectivity index (χ4v) is 1.74. The van der Waals surface area contributed by atoms with Crippen LogP contribution < -0.4 is 11.1 Å². The van der Waals surface area contributed by atoms with Crippen LogP contribution in [0.4, 0.5) is 5.69 Å². The first-order valence-corrected chi connectivity index (χ1v) is 6.36. The summed E-state index contributed by atoms with van der Waals surface area (Å²) >= 11 is 0. The third-order valence-electron chi connectivity index (χ3n) is 3.33. The van der Waals surface area contributed by atoms with Crippen molar-refractivity contribution < 1.29 is 4.79 Å². The van der Waals surface area contributed by atoms with Gasteiger partial charge in [-0.05, 0) is 63.8 Å². The van der Waals surface area contributed by atoms with Crippen LogP contribution in [0.1, 0.15) is 43.4 Å². The SMILES string of the molecule is Cc1ccc(NC(=O)CCC(C)(C)N)c(C)c1C. The molecule has 0 aliphatic heterocycles. The second kappa shape index (κ2) is 5.53. The lowest BCUT2D eigenvalue weighted by Gasteiger charge is -2.18. The molecular formula is C15H24N2O. The van der Waals surface area contributed by atoms with E-state index in [1.807, 2.05) is 32.9 Å². The molecule has 0 unspecified atom stereocenters. The summed E-state index contributed by atoms with van der Waals surface area (Å²) < 4.78 is 0. The first-order valence-electron chi connectivity index (χ1n) is 6.36. The van der Waals surface area contributed by atoms with E-state index in [9.17, 15) is 4.79 Å². The molecule has 0 aromatic heterocycles. The highest BCUT2D eigenvalue weighted by molar-refractivity contribution is 5.91. The fourth-order valence-electron chi connectivity index (χ4n) is 1.74.